The van der Waals surface area contributed by atoms with Crippen molar-refractivity contribution in [3.63, 3.8) is 0 Å². The number of aliphatic imine (C=N–C) groups is 1. The lowest BCUT2D eigenvalue weighted by molar-refractivity contribution is -0.162. The van der Waals surface area contributed by atoms with Crippen LogP contribution in [-0.4, -0.2) is 138 Å². The number of methoxy groups -OCH3 is 1. The quantitative estimate of drug-likeness (QED) is 0.0401. The van der Waals surface area contributed by atoms with Gasteiger partial charge in [-0.3, -0.25) is 28.8 Å². The van der Waals surface area contributed by atoms with Crippen LogP contribution in [0.2, 0.25) is 0 Å². The summed E-state index contributed by atoms with van der Waals surface area (Å²) in [5.74, 6) is -9.07. The number of likely N-dealkylation sites (N-methyl/N-ethyl adjacent to an activating group) is 1. The molecule has 376 valence electrons. The van der Waals surface area contributed by atoms with Crippen molar-refractivity contribution in [1.82, 2.24) is 20.9 Å². The Labute approximate surface area is 394 Å². The highest BCUT2D eigenvalue weighted by atomic mass is 16.6. The van der Waals surface area contributed by atoms with Gasteiger partial charge in [-0.2, -0.15) is 4.99 Å². The first-order valence-corrected chi connectivity index (χ1v) is 23.1. The van der Waals surface area contributed by atoms with E-state index in [1.165, 1.54) is 25.9 Å². The number of hydrogen-bond donors (Lipinski definition) is 5. The van der Waals surface area contributed by atoms with Gasteiger partial charge in [0.15, 0.2) is 11.9 Å². The van der Waals surface area contributed by atoms with Crippen molar-refractivity contribution in [3.05, 3.63) is 29.8 Å². The van der Waals surface area contributed by atoms with Crippen LogP contribution in [0.15, 0.2) is 29.3 Å². The number of hydrogen-bond acceptors (Lipinski definition) is 14. The number of esters is 2. The van der Waals surface area contributed by atoms with Crippen molar-refractivity contribution in [2.75, 3.05) is 20.7 Å². The molecule has 1 aliphatic heterocycles. The van der Waals surface area contributed by atoms with Crippen LogP contribution in [0.3, 0.4) is 0 Å². The first kappa shape index (κ1) is 57.7. The average molecular weight is 946 g/mol. The summed E-state index contributed by atoms with van der Waals surface area (Å²) in [4.78, 5) is 112. The number of aliphatic carboxylic acids is 1. The Morgan fingerprint density at radius 3 is 2.06 bits per heavy atom. The summed E-state index contributed by atoms with van der Waals surface area (Å²) in [6.07, 6.45) is -3.29. The van der Waals surface area contributed by atoms with E-state index in [1.807, 2.05) is 13.8 Å². The number of aliphatic hydroxyl groups is 1. The van der Waals surface area contributed by atoms with Gasteiger partial charge in [-0.25, -0.2) is 9.59 Å². The molecule has 1 fully saturated rings. The number of likely N-dealkylation sites (tertiary alicyclic amines) is 1. The Morgan fingerprint density at radius 2 is 1.54 bits per heavy atom. The van der Waals surface area contributed by atoms with Gasteiger partial charge in [0, 0.05) is 12.8 Å². The molecule has 1 aromatic rings. The Kier molecular flexibility index (Phi) is 23.1. The van der Waals surface area contributed by atoms with Gasteiger partial charge in [0.1, 0.15) is 41.5 Å². The standard InChI is InChI=1S/C48H75N5O14/c1-14-28(6)39(52-43(58)33(25-50-47(63)67-48(9,10)11)30(8)65-46(62)35(49-12)23-31-17-19-32(64-13)20-18-31)37(54)24-38(55)66-41(27(4)5)40(56)29(7)42(57)51-34(22-26(2)3)44(59)53-21-15-16-36(53)45(60)61/h17-20,25-30,33-37,39,41,49,54H,14-16,21-24H2,1-13H3,(H,51,57)(H,52,58)(H,60,61)/b50-25+/t28-,29?,30+,33-,34-,35-,36-,37-,39+,41-/m0/s1. The zero-order valence-corrected chi connectivity index (χ0v) is 41.5. The Balaban J connectivity index is 2.29. The number of carboxylic acid groups (broad SMARTS) is 1. The summed E-state index contributed by atoms with van der Waals surface area (Å²) in [7, 11) is 3.12. The number of carbonyl (C=O) groups is 8. The molecule has 0 saturated carbocycles. The summed E-state index contributed by atoms with van der Waals surface area (Å²) >= 11 is 0. The Morgan fingerprint density at radius 1 is 0.910 bits per heavy atom. The number of nitrogens with zero attached hydrogens (tertiary/aromatic N) is 2. The summed E-state index contributed by atoms with van der Waals surface area (Å²) in [6, 6.07) is 3.05. The number of ether oxygens (including phenoxy) is 4. The van der Waals surface area contributed by atoms with E-state index in [0.29, 0.717) is 18.6 Å². The van der Waals surface area contributed by atoms with Crippen LogP contribution in [0.5, 0.6) is 5.75 Å². The van der Waals surface area contributed by atoms with E-state index in [1.54, 1.807) is 79.8 Å². The number of Topliss-reactive ketones (excluding diaryl/α,β-unsaturated/α-hetero) is 1. The monoisotopic (exact) mass is 946 g/mol. The predicted molar refractivity (Wildman–Crippen MR) is 248 cm³/mol. The highest BCUT2D eigenvalue weighted by molar-refractivity contribution is 6.05. The molecule has 0 radical (unpaired) electrons. The minimum Gasteiger partial charge on any atom is -0.497 e. The molecule has 0 bridgehead atoms. The largest absolute Gasteiger partial charge is 0.497 e. The zero-order valence-electron chi connectivity index (χ0n) is 41.5. The summed E-state index contributed by atoms with van der Waals surface area (Å²) in [6.45, 7) is 18.3. The van der Waals surface area contributed by atoms with Crippen LogP contribution in [0.4, 0.5) is 4.79 Å². The molecular weight excluding hydrogens is 871 g/mol. The fraction of sp³-hybridized carbons (Fsp3) is 0.688. The predicted octanol–water partition coefficient (Wildman–Crippen LogP) is 4.04. The van der Waals surface area contributed by atoms with Gasteiger partial charge < -0.3 is 50.0 Å². The van der Waals surface area contributed by atoms with E-state index >= 15 is 0 Å². The van der Waals surface area contributed by atoms with Crippen molar-refractivity contribution in [2.45, 2.75) is 163 Å². The third-order valence-electron chi connectivity index (χ3n) is 11.5. The van der Waals surface area contributed by atoms with Crippen molar-refractivity contribution in [2.24, 2.45) is 34.6 Å². The summed E-state index contributed by atoms with van der Waals surface area (Å²) in [5, 5.41) is 29.5. The number of ketones is 1. The molecule has 19 heteroatoms. The Hall–Kier alpha value is -5.43. The minimum atomic E-state index is -1.57. The van der Waals surface area contributed by atoms with Crippen LogP contribution in [0.25, 0.3) is 0 Å². The fourth-order valence-electron chi connectivity index (χ4n) is 7.47. The third kappa shape index (κ3) is 18.3. The van der Waals surface area contributed by atoms with Crippen molar-refractivity contribution < 1.29 is 67.5 Å². The molecule has 1 heterocycles. The van der Waals surface area contributed by atoms with Crippen LogP contribution >= 0.6 is 0 Å². The highest BCUT2D eigenvalue weighted by Gasteiger charge is 2.41. The molecule has 5 N–H and O–H groups in total. The number of aliphatic hydroxyl groups excluding tert-OH is 1. The lowest BCUT2D eigenvalue weighted by atomic mass is 9.91. The van der Waals surface area contributed by atoms with Crippen LogP contribution in [0, 0.1) is 29.6 Å². The molecule has 1 aliphatic rings. The van der Waals surface area contributed by atoms with Gasteiger partial charge in [-0.1, -0.05) is 60.1 Å². The van der Waals surface area contributed by atoms with Crippen LogP contribution < -0.4 is 20.7 Å². The van der Waals surface area contributed by atoms with Gasteiger partial charge >= 0.3 is 24.0 Å². The second-order valence-corrected chi connectivity index (χ2v) is 19.0. The van der Waals surface area contributed by atoms with Gasteiger partial charge in [0.05, 0.1) is 31.6 Å². The fourth-order valence-corrected chi connectivity index (χ4v) is 7.47. The molecule has 1 aromatic carbocycles. The smallest absolute Gasteiger partial charge is 0.433 e. The maximum absolute atomic E-state index is 14.1. The molecule has 4 amide bonds. The van der Waals surface area contributed by atoms with Gasteiger partial charge in [-0.05, 0) is 103 Å². The first-order valence-electron chi connectivity index (χ1n) is 23.1. The molecular formula is C48H75N5O14. The average Bonchev–Trinajstić information content (AvgIpc) is 3.75. The molecule has 0 spiro atoms. The topological polar surface area (TPSA) is 266 Å². The molecule has 67 heavy (non-hydrogen) atoms. The molecule has 1 saturated heterocycles. The summed E-state index contributed by atoms with van der Waals surface area (Å²) < 4.78 is 21.9. The van der Waals surface area contributed by atoms with Gasteiger partial charge in [0.2, 0.25) is 17.7 Å². The van der Waals surface area contributed by atoms with E-state index in [4.69, 9.17) is 18.9 Å². The molecule has 1 unspecified atom stereocenters. The highest BCUT2D eigenvalue weighted by Crippen LogP contribution is 2.23. The number of carboxylic acids is 1. The van der Waals surface area contributed by atoms with Crippen molar-refractivity contribution >= 4 is 53.7 Å². The van der Waals surface area contributed by atoms with Crippen molar-refractivity contribution in [3.8, 4) is 5.75 Å². The minimum absolute atomic E-state index is 0.0736. The van der Waals surface area contributed by atoms with Crippen LogP contribution in [-0.2, 0) is 54.2 Å². The molecule has 19 nitrogen and oxygen atoms in total. The second kappa shape index (κ2) is 26.8. The Bertz CT molecular complexity index is 1880. The SMILES string of the molecule is CC[C@H](C)[C@@H](NC(=O)[C@@H](/C=N/C(=O)OC(C)(C)C)[C@@H](C)OC(=O)[C@H](Cc1ccc(OC)cc1)NC)[C@@H](O)CC(=O)O[C@H](C(=O)C(C)C(=O)N[C@@H](CC(C)C)C(=O)N1CCC[C@H]1C(=O)O)C(C)C. The van der Waals surface area contributed by atoms with E-state index in [-0.39, 0.29) is 31.7 Å². The number of rotatable bonds is 25. The van der Waals surface area contributed by atoms with Gasteiger partial charge in [-0.15, -0.1) is 0 Å². The number of nitrogens with one attached hydrogen (secondary N) is 3. The number of benzene rings is 1. The van der Waals surface area contributed by atoms with E-state index in [2.05, 4.69) is 20.9 Å². The molecule has 0 aromatic heterocycles. The second-order valence-electron chi connectivity index (χ2n) is 19.0. The molecule has 10 atom stereocenters. The zero-order chi connectivity index (χ0) is 50.9. The van der Waals surface area contributed by atoms with E-state index in [9.17, 15) is 48.6 Å². The lowest BCUT2D eigenvalue weighted by Crippen LogP contribution is -2.54. The van der Waals surface area contributed by atoms with Crippen LogP contribution in [0.1, 0.15) is 114 Å². The number of amides is 4. The lowest BCUT2D eigenvalue weighted by Gasteiger charge is -2.31. The maximum Gasteiger partial charge on any atom is 0.433 e. The number of carbonyl (C=O) groups excluding carboxylic acids is 7. The van der Waals surface area contributed by atoms with Gasteiger partial charge in [0.25, 0.3) is 0 Å². The van der Waals surface area contributed by atoms with Crippen molar-refractivity contribution in [1.29, 1.82) is 0 Å². The maximum atomic E-state index is 14.1. The summed E-state index contributed by atoms with van der Waals surface area (Å²) in [5.41, 5.74) is -0.108. The normalized spacial score (nSPS) is 18.1. The van der Waals surface area contributed by atoms with E-state index in [0.717, 1.165) is 11.8 Å². The third-order valence-corrected chi connectivity index (χ3v) is 11.5. The molecule has 0 aliphatic carbocycles. The molecule has 2 rings (SSSR count). The van der Waals surface area contributed by atoms with E-state index < -0.39 is 126 Å². The first-order chi connectivity index (χ1) is 31.2.